The number of ether oxygens (including phenoxy) is 3. The zero-order valence-electron chi connectivity index (χ0n) is 17.7. The number of hydrogen-bond donors (Lipinski definition) is 1. The largest absolute Gasteiger partial charge is 0.485 e. The standard InChI is InChI=1S/C22H24N4O4S/c1-4-26-19(11-28-21-14(2)6-5-7-15(21)3)24-25-22(26)31-12-20(27)23-16-8-9-17-18(10-16)30-13-29-17/h5-10H,4,11-13H2,1-3H3,(H,23,27). The SMILES string of the molecule is CCn1c(COc2c(C)cccc2C)nnc1SCC(=O)Nc1ccc2c(c1)OCO2. The average Bonchev–Trinajstić information content (AvgIpc) is 3.37. The van der Waals surface area contributed by atoms with E-state index < -0.39 is 0 Å². The summed E-state index contributed by atoms with van der Waals surface area (Å²) in [4.78, 5) is 12.4. The van der Waals surface area contributed by atoms with Crippen molar-refractivity contribution >= 4 is 23.4 Å². The van der Waals surface area contributed by atoms with E-state index in [2.05, 4.69) is 15.5 Å². The number of anilines is 1. The van der Waals surface area contributed by atoms with Gasteiger partial charge in [-0.3, -0.25) is 4.79 Å². The van der Waals surface area contributed by atoms with Crippen molar-refractivity contribution in [2.24, 2.45) is 0 Å². The van der Waals surface area contributed by atoms with Gasteiger partial charge in [0.2, 0.25) is 12.7 Å². The summed E-state index contributed by atoms with van der Waals surface area (Å²) in [6.07, 6.45) is 0. The molecular formula is C22H24N4O4S. The van der Waals surface area contributed by atoms with Crippen LogP contribution in [-0.2, 0) is 17.9 Å². The first-order chi connectivity index (χ1) is 15.0. The molecule has 4 rings (SSSR count). The van der Waals surface area contributed by atoms with Crippen LogP contribution >= 0.6 is 11.8 Å². The lowest BCUT2D eigenvalue weighted by molar-refractivity contribution is -0.113. The van der Waals surface area contributed by atoms with Crippen LogP contribution < -0.4 is 19.5 Å². The Hall–Kier alpha value is -3.20. The van der Waals surface area contributed by atoms with Crippen LogP contribution in [0.3, 0.4) is 0 Å². The number of carbonyl (C=O) groups excluding carboxylic acids is 1. The van der Waals surface area contributed by atoms with E-state index >= 15 is 0 Å². The predicted molar refractivity (Wildman–Crippen MR) is 118 cm³/mol. The minimum atomic E-state index is -0.136. The molecule has 1 aliphatic heterocycles. The van der Waals surface area contributed by atoms with E-state index in [1.807, 2.05) is 43.5 Å². The number of aromatic nitrogens is 3. The number of fused-ring (bicyclic) bond motifs is 1. The van der Waals surface area contributed by atoms with Gasteiger partial charge < -0.3 is 24.1 Å². The quantitative estimate of drug-likeness (QED) is 0.531. The number of para-hydroxylation sites is 1. The molecule has 0 spiro atoms. The third-order valence-corrected chi connectivity index (χ3v) is 5.82. The van der Waals surface area contributed by atoms with Crippen LogP contribution in [0.25, 0.3) is 0 Å². The number of aryl methyl sites for hydroxylation is 2. The van der Waals surface area contributed by atoms with Gasteiger partial charge in [0.1, 0.15) is 12.4 Å². The average molecular weight is 441 g/mol. The van der Waals surface area contributed by atoms with Crippen molar-refractivity contribution in [2.75, 3.05) is 17.9 Å². The molecule has 1 amide bonds. The number of carbonyl (C=O) groups is 1. The second-order valence-corrected chi connectivity index (χ2v) is 8.00. The lowest BCUT2D eigenvalue weighted by atomic mass is 10.1. The second-order valence-electron chi connectivity index (χ2n) is 7.06. The third kappa shape index (κ3) is 4.77. The minimum absolute atomic E-state index is 0.136. The first kappa shape index (κ1) is 21.0. The highest BCUT2D eigenvalue weighted by molar-refractivity contribution is 7.99. The monoisotopic (exact) mass is 440 g/mol. The molecule has 0 saturated heterocycles. The molecular weight excluding hydrogens is 416 g/mol. The number of thioether (sulfide) groups is 1. The summed E-state index contributed by atoms with van der Waals surface area (Å²) in [5.41, 5.74) is 2.82. The Balaban J connectivity index is 1.35. The predicted octanol–water partition coefficient (Wildman–Crippen LogP) is 3.95. The lowest BCUT2D eigenvalue weighted by Gasteiger charge is -2.12. The van der Waals surface area contributed by atoms with Crippen LogP contribution in [-0.4, -0.2) is 33.2 Å². The van der Waals surface area contributed by atoms with Gasteiger partial charge in [-0.25, -0.2) is 0 Å². The molecule has 0 aliphatic carbocycles. The van der Waals surface area contributed by atoms with Gasteiger partial charge >= 0.3 is 0 Å². The molecule has 0 fully saturated rings. The Morgan fingerprint density at radius 2 is 1.94 bits per heavy atom. The summed E-state index contributed by atoms with van der Waals surface area (Å²) in [6.45, 7) is 7.26. The Labute approximate surface area is 184 Å². The summed E-state index contributed by atoms with van der Waals surface area (Å²) in [6, 6.07) is 11.4. The van der Waals surface area contributed by atoms with E-state index in [-0.39, 0.29) is 18.5 Å². The fraction of sp³-hybridized carbons (Fsp3) is 0.318. The molecule has 3 aromatic rings. The highest BCUT2D eigenvalue weighted by atomic mass is 32.2. The van der Waals surface area contributed by atoms with Crippen molar-refractivity contribution in [3.63, 3.8) is 0 Å². The van der Waals surface area contributed by atoms with E-state index in [0.29, 0.717) is 35.5 Å². The fourth-order valence-electron chi connectivity index (χ4n) is 3.32. The summed E-state index contributed by atoms with van der Waals surface area (Å²) in [5.74, 6) is 2.98. The molecule has 0 radical (unpaired) electrons. The fourth-order valence-corrected chi connectivity index (χ4v) is 4.14. The summed E-state index contributed by atoms with van der Waals surface area (Å²) < 4.78 is 18.6. The maximum absolute atomic E-state index is 12.4. The number of hydrogen-bond acceptors (Lipinski definition) is 7. The summed E-state index contributed by atoms with van der Waals surface area (Å²) >= 11 is 1.34. The number of benzene rings is 2. The van der Waals surface area contributed by atoms with Crippen LogP contribution in [0.5, 0.6) is 17.2 Å². The van der Waals surface area contributed by atoms with E-state index in [0.717, 1.165) is 22.7 Å². The molecule has 9 heteroatoms. The van der Waals surface area contributed by atoms with Crippen LogP contribution in [0.2, 0.25) is 0 Å². The minimum Gasteiger partial charge on any atom is -0.485 e. The van der Waals surface area contributed by atoms with Crippen molar-refractivity contribution < 1.29 is 19.0 Å². The summed E-state index contributed by atoms with van der Waals surface area (Å²) in [5, 5.41) is 12.1. The highest BCUT2D eigenvalue weighted by Crippen LogP contribution is 2.34. The van der Waals surface area contributed by atoms with Crippen molar-refractivity contribution in [2.45, 2.75) is 39.1 Å². The Morgan fingerprint density at radius 3 is 2.71 bits per heavy atom. The Morgan fingerprint density at radius 1 is 1.16 bits per heavy atom. The second kappa shape index (κ2) is 9.30. The van der Waals surface area contributed by atoms with Crippen LogP contribution in [0.15, 0.2) is 41.6 Å². The molecule has 2 aromatic carbocycles. The molecule has 8 nitrogen and oxygen atoms in total. The maximum Gasteiger partial charge on any atom is 0.234 e. The zero-order valence-corrected chi connectivity index (χ0v) is 18.5. The Kier molecular flexibility index (Phi) is 6.31. The lowest BCUT2D eigenvalue weighted by Crippen LogP contribution is -2.15. The molecule has 0 saturated carbocycles. The van der Waals surface area contributed by atoms with Gasteiger partial charge in [0, 0.05) is 18.3 Å². The van der Waals surface area contributed by atoms with E-state index in [1.165, 1.54) is 11.8 Å². The molecule has 31 heavy (non-hydrogen) atoms. The molecule has 1 aromatic heterocycles. The molecule has 0 bridgehead atoms. The van der Waals surface area contributed by atoms with Gasteiger partial charge in [0.05, 0.1) is 5.75 Å². The van der Waals surface area contributed by atoms with Gasteiger partial charge in [-0.2, -0.15) is 0 Å². The number of amides is 1. The topological polar surface area (TPSA) is 87.5 Å². The normalized spacial score (nSPS) is 12.1. The number of nitrogens with one attached hydrogen (secondary N) is 1. The van der Waals surface area contributed by atoms with Crippen molar-refractivity contribution in [3.05, 3.63) is 53.3 Å². The molecule has 162 valence electrons. The van der Waals surface area contributed by atoms with Crippen molar-refractivity contribution in [1.82, 2.24) is 14.8 Å². The number of rotatable bonds is 8. The van der Waals surface area contributed by atoms with Crippen molar-refractivity contribution in [3.8, 4) is 17.2 Å². The Bertz CT molecular complexity index is 1080. The first-order valence-electron chi connectivity index (χ1n) is 9.98. The van der Waals surface area contributed by atoms with E-state index in [4.69, 9.17) is 14.2 Å². The smallest absolute Gasteiger partial charge is 0.234 e. The number of nitrogens with zero attached hydrogens (tertiary/aromatic N) is 3. The van der Waals surface area contributed by atoms with E-state index in [1.54, 1.807) is 18.2 Å². The maximum atomic E-state index is 12.4. The molecule has 1 aliphatic rings. The van der Waals surface area contributed by atoms with Crippen LogP contribution in [0.4, 0.5) is 5.69 Å². The zero-order chi connectivity index (χ0) is 21.8. The van der Waals surface area contributed by atoms with Gasteiger partial charge in [-0.1, -0.05) is 30.0 Å². The van der Waals surface area contributed by atoms with Gasteiger partial charge in [0.15, 0.2) is 22.5 Å². The molecule has 0 atom stereocenters. The van der Waals surface area contributed by atoms with Crippen LogP contribution in [0.1, 0.15) is 23.9 Å². The molecule has 2 heterocycles. The van der Waals surface area contributed by atoms with Crippen molar-refractivity contribution in [1.29, 1.82) is 0 Å². The van der Waals surface area contributed by atoms with Gasteiger partial charge in [-0.05, 0) is 44.0 Å². The molecule has 0 unspecified atom stereocenters. The van der Waals surface area contributed by atoms with Gasteiger partial charge in [0.25, 0.3) is 0 Å². The third-order valence-electron chi connectivity index (χ3n) is 4.85. The summed E-state index contributed by atoms with van der Waals surface area (Å²) in [7, 11) is 0. The molecule has 1 N–H and O–H groups in total. The first-order valence-corrected chi connectivity index (χ1v) is 11.0. The van der Waals surface area contributed by atoms with E-state index in [9.17, 15) is 4.79 Å². The van der Waals surface area contributed by atoms with Crippen LogP contribution in [0, 0.1) is 13.8 Å². The van der Waals surface area contributed by atoms with Gasteiger partial charge in [-0.15, -0.1) is 10.2 Å². The highest BCUT2D eigenvalue weighted by Gasteiger charge is 2.16.